The molecule has 1 atom stereocenters. The fourth-order valence-corrected chi connectivity index (χ4v) is 1.51. The second-order valence-corrected chi connectivity index (χ2v) is 3.85. The van der Waals surface area contributed by atoms with Crippen LogP contribution in [0, 0.1) is 6.92 Å². The van der Waals surface area contributed by atoms with E-state index in [1.54, 1.807) is 7.11 Å². The number of benzene rings is 1. The van der Waals surface area contributed by atoms with E-state index in [0.29, 0.717) is 13.2 Å². The maximum Gasteiger partial charge on any atom is 0.0947 e. The van der Waals surface area contributed by atoms with Gasteiger partial charge in [0.2, 0.25) is 0 Å². The van der Waals surface area contributed by atoms with E-state index in [0.717, 1.165) is 18.6 Å². The molecule has 0 bridgehead atoms. The van der Waals surface area contributed by atoms with E-state index in [4.69, 9.17) is 15.2 Å². The van der Waals surface area contributed by atoms with E-state index in [1.165, 1.54) is 5.56 Å². The molecule has 0 aliphatic rings. The van der Waals surface area contributed by atoms with Crippen LogP contribution >= 0.6 is 0 Å². The molecule has 0 aliphatic carbocycles. The lowest BCUT2D eigenvalue weighted by Crippen LogP contribution is -2.17. The highest BCUT2D eigenvalue weighted by Gasteiger charge is 2.09. The summed E-state index contributed by atoms with van der Waals surface area (Å²) >= 11 is 0. The van der Waals surface area contributed by atoms with Gasteiger partial charge in [-0.15, -0.1) is 0 Å². The zero-order chi connectivity index (χ0) is 11.8. The van der Waals surface area contributed by atoms with E-state index >= 15 is 0 Å². The molecule has 2 N–H and O–H groups in total. The average molecular weight is 223 g/mol. The van der Waals surface area contributed by atoms with E-state index in [9.17, 15) is 0 Å². The summed E-state index contributed by atoms with van der Waals surface area (Å²) in [5.74, 6) is 0. The van der Waals surface area contributed by atoms with Crippen molar-refractivity contribution in [2.75, 3.05) is 26.9 Å². The molecule has 0 amide bonds. The fraction of sp³-hybridized carbons (Fsp3) is 0.538. The Bertz CT molecular complexity index is 284. The summed E-state index contributed by atoms with van der Waals surface area (Å²) in [6, 6.07) is 8.30. The number of nitrogens with two attached hydrogens (primary N) is 1. The minimum absolute atomic E-state index is 0.00236. The zero-order valence-electron chi connectivity index (χ0n) is 10.1. The molecule has 1 aromatic carbocycles. The van der Waals surface area contributed by atoms with Gasteiger partial charge in [0.25, 0.3) is 0 Å². The van der Waals surface area contributed by atoms with Gasteiger partial charge in [-0.1, -0.05) is 29.8 Å². The smallest absolute Gasteiger partial charge is 0.0947 e. The predicted octanol–water partition coefficient (Wildman–Crippen LogP) is 2.05. The van der Waals surface area contributed by atoms with Gasteiger partial charge >= 0.3 is 0 Å². The molecule has 0 radical (unpaired) electrons. The zero-order valence-corrected chi connectivity index (χ0v) is 10.1. The molecule has 0 aromatic heterocycles. The van der Waals surface area contributed by atoms with Crippen LogP contribution in [-0.4, -0.2) is 26.9 Å². The number of methoxy groups -OCH3 is 1. The van der Waals surface area contributed by atoms with Crippen LogP contribution in [-0.2, 0) is 9.47 Å². The van der Waals surface area contributed by atoms with Crippen LogP contribution in [0.4, 0.5) is 0 Å². The van der Waals surface area contributed by atoms with Crippen molar-refractivity contribution in [3.63, 3.8) is 0 Å². The van der Waals surface area contributed by atoms with Crippen molar-refractivity contribution >= 4 is 0 Å². The topological polar surface area (TPSA) is 44.5 Å². The Morgan fingerprint density at radius 3 is 2.44 bits per heavy atom. The van der Waals surface area contributed by atoms with Gasteiger partial charge in [0.05, 0.1) is 6.10 Å². The molecule has 3 nitrogen and oxygen atoms in total. The summed E-state index contributed by atoms with van der Waals surface area (Å²) in [4.78, 5) is 0. The van der Waals surface area contributed by atoms with Gasteiger partial charge in [-0.2, -0.15) is 0 Å². The Kier molecular flexibility index (Phi) is 6.08. The summed E-state index contributed by atoms with van der Waals surface area (Å²) in [5, 5.41) is 0. The minimum Gasteiger partial charge on any atom is -0.385 e. The predicted molar refractivity (Wildman–Crippen MR) is 65.4 cm³/mol. The number of aryl methyl sites for hydroxylation is 1. The number of rotatable bonds is 7. The summed E-state index contributed by atoms with van der Waals surface area (Å²) in [5.41, 5.74) is 8.09. The largest absolute Gasteiger partial charge is 0.385 e. The molecule has 3 heteroatoms. The summed E-state index contributed by atoms with van der Waals surface area (Å²) in [6.07, 6.45) is 0.899. The maximum absolute atomic E-state index is 5.71. The molecule has 0 saturated carbocycles. The van der Waals surface area contributed by atoms with Gasteiger partial charge < -0.3 is 15.2 Å². The fourth-order valence-electron chi connectivity index (χ4n) is 1.51. The highest BCUT2D eigenvalue weighted by molar-refractivity contribution is 5.23. The standard InChI is InChI=1S/C13H21NO2/c1-11-4-6-12(7-5-11)13(10-14)16-9-3-8-15-2/h4-7,13H,3,8-10,14H2,1-2H3. The first-order valence-electron chi connectivity index (χ1n) is 5.65. The van der Waals surface area contributed by atoms with Crippen molar-refractivity contribution in [3.8, 4) is 0 Å². The molecule has 1 rings (SSSR count). The van der Waals surface area contributed by atoms with Gasteiger partial charge in [0, 0.05) is 26.9 Å². The second kappa shape index (κ2) is 7.39. The van der Waals surface area contributed by atoms with Crippen molar-refractivity contribution in [3.05, 3.63) is 35.4 Å². The van der Waals surface area contributed by atoms with Crippen LogP contribution in [0.1, 0.15) is 23.7 Å². The third kappa shape index (κ3) is 4.31. The summed E-state index contributed by atoms with van der Waals surface area (Å²) in [7, 11) is 1.69. The van der Waals surface area contributed by atoms with Crippen molar-refractivity contribution in [1.82, 2.24) is 0 Å². The maximum atomic E-state index is 5.71. The van der Waals surface area contributed by atoms with Gasteiger partial charge in [0.1, 0.15) is 0 Å². The lowest BCUT2D eigenvalue weighted by atomic mass is 10.1. The number of hydrogen-bond acceptors (Lipinski definition) is 3. The molecule has 1 unspecified atom stereocenters. The van der Waals surface area contributed by atoms with Gasteiger partial charge in [0.15, 0.2) is 0 Å². The molecular formula is C13H21NO2. The van der Waals surface area contributed by atoms with Crippen LogP contribution in [0.25, 0.3) is 0 Å². The van der Waals surface area contributed by atoms with E-state index in [2.05, 4.69) is 31.2 Å². The monoisotopic (exact) mass is 223 g/mol. The van der Waals surface area contributed by atoms with Crippen LogP contribution in [0.15, 0.2) is 24.3 Å². The van der Waals surface area contributed by atoms with Crippen molar-refractivity contribution < 1.29 is 9.47 Å². The van der Waals surface area contributed by atoms with Crippen LogP contribution < -0.4 is 5.73 Å². The Hall–Kier alpha value is -0.900. The van der Waals surface area contributed by atoms with Gasteiger partial charge in [-0.05, 0) is 18.9 Å². The van der Waals surface area contributed by atoms with E-state index < -0.39 is 0 Å². The molecular weight excluding hydrogens is 202 g/mol. The van der Waals surface area contributed by atoms with Crippen molar-refractivity contribution in [2.45, 2.75) is 19.4 Å². The molecule has 0 fully saturated rings. The average Bonchev–Trinajstić information content (AvgIpc) is 2.31. The molecule has 0 heterocycles. The molecule has 0 aliphatic heterocycles. The lowest BCUT2D eigenvalue weighted by molar-refractivity contribution is 0.0439. The van der Waals surface area contributed by atoms with Gasteiger partial charge in [-0.3, -0.25) is 0 Å². The third-order valence-electron chi connectivity index (χ3n) is 2.48. The Morgan fingerprint density at radius 1 is 1.19 bits per heavy atom. The highest BCUT2D eigenvalue weighted by Crippen LogP contribution is 2.16. The Balaban J connectivity index is 2.44. The first kappa shape index (κ1) is 13.2. The lowest BCUT2D eigenvalue weighted by Gasteiger charge is -2.16. The van der Waals surface area contributed by atoms with Crippen LogP contribution in [0.2, 0.25) is 0 Å². The summed E-state index contributed by atoms with van der Waals surface area (Å²) < 4.78 is 10.7. The summed E-state index contributed by atoms with van der Waals surface area (Å²) in [6.45, 7) is 3.99. The van der Waals surface area contributed by atoms with E-state index in [-0.39, 0.29) is 6.10 Å². The first-order valence-corrected chi connectivity index (χ1v) is 5.65. The molecule has 0 saturated heterocycles. The highest BCUT2D eigenvalue weighted by atomic mass is 16.5. The number of hydrogen-bond donors (Lipinski definition) is 1. The third-order valence-corrected chi connectivity index (χ3v) is 2.48. The van der Waals surface area contributed by atoms with E-state index in [1.807, 2.05) is 0 Å². The second-order valence-electron chi connectivity index (χ2n) is 3.85. The minimum atomic E-state index is -0.00236. The van der Waals surface area contributed by atoms with Crippen LogP contribution in [0.5, 0.6) is 0 Å². The van der Waals surface area contributed by atoms with Crippen molar-refractivity contribution in [1.29, 1.82) is 0 Å². The molecule has 1 aromatic rings. The SMILES string of the molecule is COCCCOC(CN)c1ccc(C)cc1. The van der Waals surface area contributed by atoms with Crippen molar-refractivity contribution in [2.24, 2.45) is 5.73 Å². The quantitative estimate of drug-likeness (QED) is 0.719. The normalized spacial score (nSPS) is 12.7. The molecule has 0 spiro atoms. The molecule has 16 heavy (non-hydrogen) atoms. The first-order chi connectivity index (χ1) is 7.77. The number of ether oxygens (including phenoxy) is 2. The Morgan fingerprint density at radius 2 is 1.88 bits per heavy atom. The Labute approximate surface area is 97.6 Å². The molecule has 90 valence electrons. The van der Waals surface area contributed by atoms with Crippen LogP contribution in [0.3, 0.4) is 0 Å². The van der Waals surface area contributed by atoms with Gasteiger partial charge in [-0.25, -0.2) is 0 Å².